The Hall–Kier alpha value is -2.89. The smallest absolute Gasteiger partial charge is 0.307 e. The minimum absolute atomic E-state index is 0.0210. The molecule has 0 fully saturated rings. The van der Waals surface area contributed by atoms with Gasteiger partial charge in [-0.25, -0.2) is 19.0 Å². The van der Waals surface area contributed by atoms with Crippen LogP contribution in [0, 0.1) is 5.82 Å². The third-order valence-electron chi connectivity index (χ3n) is 4.07. The lowest BCUT2D eigenvalue weighted by atomic mass is 10.0. The van der Waals surface area contributed by atoms with Crippen LogP contribution in [-0.2, 0) is 11.3 Å². The Balaban J connectivity index is 2.05. The first-order valence-corrected chi connectivity index (χ1v) is 8.89. The molecule has 1 aromatic carbocycles. The van der Waals surface area contributed by atoms with Crippen molar-refractivity contribution in [3.8, 4) is 0 Å². The molecule has 0 saturated carbocycles. The second-order valence-corrected chi connectivity index (χ2v) is 6.98. The van der Waals surface area contributed by atoms with Gasteiger partial charge in [0.25, 0.3) is 5.56 Å². The Labute approximate surface area is 168 Å². The predicted molar refractivity (Wildman–Crippen MR) is 98.8 cm³/mol. The first kappa shape index (κ1) is 20.8. The van der Waals surface area contributed by atoms with Crippen molar-refractivity contribution in [3.05, 3.63) is 57.1 Å². The molecule has 0 bridgehead atoms. The average molecular weight is 474 g/mol. The predicted octanol–water partition coefficient (Wildman–Crippen LogP) is 3.39. The van der Waals surface area contributed by atoms with Crippen molar-refractivity contribution in [2.75, 3.05) is 5.32 Å². The largest absolute Gasteiger partial charge is 0.397 e. The molecule has 0 radical (unpaired) electrons. The van der Waals surface area contributed by atoms with Crippen LogP contribution < -0.4 is 10.9 Å². The van der Waals surface area contributed by atoms with Crippen LogP contribution in [-0.4, -0.2) is 31.8 Å². The molecule has 0 aliphatic rings. The van der Waals surface area contributed by atoms with Gasteiger partial charge >= 0.3 is 6.18 Å². The lowest BCUT2D eigenvalue weighted by Gasteiger charge is -2.18. The zero-order valence-electron chi connectivity index (χ0n) is 14.7. The molecule has 1 N–H and O–H groups in total. The van der Waals surface area contributed by atoms with E-state index in [1.807, 2.05) is 0 Å². The average Bonchev–Trinajstić information content (AvgIpc) is 2.64. The second-order valence-electron chi connectivity index (χ2n) is 6.07. The zero-order chi connectivity index (χ0) is 21.3. The minimum atomic E-state index is -4.61. The van der Waals surface area contributed by atoms with E-state index in [0.717, 1.165) is 19.4 Å². The number of halogens is 5. The van der Waals surface area contributed by atoms with Crippen molar-refractivity contribution >= 4 is 38.4 Å². The van der Waals surface area contributed by atoms with E-state index in [1.54, 1.807) is 0 Å². The van der Waals surface area contributed by atoms with Gasteiger partial charge in [0.1, 0.15) is 12.9 Å². The van der Waals surface area contributed by atoms with Crippen LogP contribution in [0.25, 0.3) is 10.8 Å². The van der Waals surface area contributed by atoms with Crippen LogP contribution in [0.15, 0.2) is 40.0 Å². The maximum absolute atomic E-state index is 13.6. The third kappa shape index (κ3) is 4.42. The van der Waals surface area contributed by atoms with Crippen molar-refractivity contribution in [1.82, 2.24) is 19.7 Å². The quantitative estimate of drug-likeness (QED) is 0.586. The van der Waals surface area contributed by atoms with Crippen LogP contribution in [0.2, 0.25) is 0 Å². The first-order valence-electron chi connectivity index (χ1n) is 8.10. The highest BCUT2D eigenvalue weighted by molar-refractivity contribution is 9.10. The van der Waals surface area contributed by atoms with E-state index in [9.17, 15) is 27.2 Å². The summed E-state index contributed by atoms with van der Waals surface area (Å²) in [5.74, 6) is -4.21. The molecule has 3 rings (SSSR count). The number of aromatic nitrogens is 4. The molecule has 0 aliphatic carbocycles. The highest BCUT2D eigenvalue weighted by Crippen LogP contribution is 2.36. The standard InChI is InChI=1S/C17H12BrF4N5O2/c1-8(17(20,21)22)14-11-4-9(18)2-3-10(11)16(29)27(26-14)6-13(28)25-15-12(19)5-23-7-24-15/h2-5,7-8H,6H2,1H3,(H,23,24,25,28). The van der Waals surface area contributed by atoms with Crippen LogP contribution in [0.1, 0.15) is 18.5 Å². The molecule has 0 aliphatic heterocycles. The number of anilines is 1. The number of benzene rings is 1. The Morgan fingerprint density at radius 3 is 2.69 bits per heavy atom. The van der Waals surface area contributed by atoms with Crippen LogP contribution in [0.4, 0.5) is 23.4 Å². The van der Waals surface area contributed by atoms with E-state index in [1.165, 1.54) is 18.2 Å². The summed E-state index contributed by atoms with van der Waals surface area (Å²) in [7, 11) is 0. The number of hydrogen-bond acceptors (Lipinski definition) is 5. The fourth-order valence-corrected chi connectivity index (χ4v) is 2.94. The van der Waals surface area contributed by atoms with Crippen molar-refractivity contribution in [3.63, 3.8) is 0 Å². The molecule has 0 spiro atoms. The number of alkyl halides is 3. The van der Waals surface area contributed by atoms with Gasteiger partial charge in [-0.05, 0) is 25.1 Å². The lowest BCUT2D eigenvalue weighted by molar-refractivity contribution is -0.147. The van der Waals surface area contributed by atoms with E-state index in [4.69, 9.17) is 0 Å². The van der Waals surface area contributed by atoms with Gasteiger partial charge in [-0.3, -0.25) is 9.59 Å². The van der Waals surface area contributed by atoms with Crippen molar-refractivity contribution in [2.24, 2.45) is 0 Å². The Morgan fingerprint density at radius 2 is 2.03 bits per heavy atom. The normalized spacial score (nSPS) is 12.8. The minimum Gasteiger partial charge on any atom is -0.307 e. The fraction of sp³-hybridized carbons (Fsp3) is 0.235. The third-order valence-corrected chi connectivity index (χ3v) is 4.56. The Kier molecular flexibility index (Phi) is 5.64. The summed E-state index contributed by atoms with van der Waals surface area (Å²) in [6.45, 7) is 0.180. The number of rotatable bonds is 4. The molecule has 0 saturated heterocycles. The molecule has 1 unspecified atom stereocenters. The Bertz CT molecular complexity index is 1150. The summed E-state index contributed by atoms with van der Waals surface area (Å²) >= 11 is 3.16. The number of nitrogens with one attached hydrogen (secondary N) is 1. The molecule has 1 amide bonds. The molecule has 3 aromatic rings. The first-order chi connectivity index (χ1) is 13.6. The lowest BCUT2D eigenvalue weighted by Crippen LogP contribution is -2.32. The van der Waals surface area contributed by atoms with Gasteiger partial charge in [-0.2, -0.15) is 18.3 Å². The number of nitrogens with zero attached hydrogens (tertiary/aromatic N) is 4. The topological polar surface area (TPSA) is 89.8 Å². The number of amides is 1. The number of fused-ring (bicyclic) bond motifs is 1. The maximum atomic E-state index is 13.6. The maximum Gasteiger partial charge on any atom is 0.397 e. The summed E-state index contributed by atoms with van der Waals surface area (Å²) in [6, 6.07) is 4.20. The highest BCUT2D eigenvalue weighted by atomic mass is 79.9. The van der Waals surface area contributed by atoms with Crippen molar-refractivity contribution < 1.29 is 22.4 Å². The molecule has 1 atom stereocenters. The van der Waals surface area contributed by atoms with Gasteiger partial charge in [0.15, 0.2) is 11.6 Å². The van der Waals surface area contributed by atoms with Gasteiger partial charge in [0.05, 0.1) is 23.2 Å². The molecule has 2 aromatic heterocycles. The van der Waals surface area contributed by atoms with Gasteiger partial charge < -0.3 is 5.32 Å². The summed E-state index contributed by atoms with van der Waals surface area (Å²) in [5.41, 5.74) is -1.17. The molecular formula is C17H12BrF4N5O2. The van der Waals surface area contributed by atoms with Crippen LogP contribution >= 0.6 is 15.9 Å². The zero-order valence-corrected chi connectivity index (χ0v) is 16.3. The van der Waals surface area contributed by atoms with Gasteiger partial charge in [0, 0.05) is 9.86 Å². The van der Waals surface area contributed by atoms with Crippen LogP contribution in [0.3, 0.4) is 0 Å². The fourth-order valence-electron chi connectivity index (χ4n) is 2.58. The summed E-state index contributed by atoms with van der Waals surface area (Å²) < 4.78 is 54.6. The van der Waals surface area contributed by atoms with Crippen molar-refractivity contribution in [2.45, 2.75) is 25.6 Å². The summed E-state index contributed by atoms with van der Waals surface area (Å²) in [5, 5.41) is 5.90. The van der Waals surface area contributed by atoms with Gasteiger partial charge in [-0.1, -0.05) is 15.9 Å². The number of carbonyl (C=O) groups excluding carboxylic acids is 1. The Morgan fingerprint density at radius 1 is 1.31 bits per heavy atom. The summed E-state index contributed by atoms with van der Waals surface area (Å²) in [4.78, 5) is 31.8. The molecule has 29 heavy (non-hydrogen) atoms. The molecule has 12 heteroatoms. The molecule has 2 heterocycles. The van der Waals surface area contributed by atoms with Crippen molar-refractivity contribution in [1.29, 1.82) is 0 Å². The van der Waals surface area contributed by atoms with E-state index in [-0.39, 0.29) is 10.8 Å². The van der Waals surface area contributed by atoms with E-state index in [2.05, 4.69) is 36.3 Å². The molecule has 7 nitrogen and oxygen atoms in total. The second kappa shape index (κ2) is 7.85. The molecule has 152 valence electrons. The van der Waals surface area contributed by atoms with E-state index in [0.29, 0.717) is 9.15 Å². The SMILES string of the molecule is CC(c1nn(CC(=O)Nc2ncncc2F)c(=O)c2ccc(Br)cc12)C(F)(F)F. The van der Waals surface area contributed by atoms with Gasteiger partial charge in [-0.15, -0.1) is 0 Å². The van der Waals surface area contributed by atoms with Crippen LogP contribution in [0.5, 0.6) is 0 Å². The summed E-state index contributed by atoms with van der Waals surface area (Å²) in [6.07, 6.45) is -2.79. The highest BCUT2D eigenvalue weighted by Gasteiger charge is 2.39. The monoisotopic (exact) mass is 473 g/mol. The number of carbonyl (C=O) groups is 1. The molecular weight excluding hydrogens is 462 g/mol. The van der Waals surface area contributed by atoms with E-state index < -0.39 is 47.4 Å². The van der Waals surface area contributed by atoms with E-state index >= 15 is 0 Å². The van der Waals surface area contributed by atoms with Gasteiger partial charge in [0.2, 0.25) is 5.91 Å². The number of hydrogen-bond donors (Lipinski definition) is 1.